The number of rotatable bonds is 8. The molecule has 0 amide bonds. The van der Waals surface area contributed by atoms with E-state index in [0.29, 0.717) is 12.5 Å². The summed E-state index contributed by atoms with van der Waals surface area (Å²) in [5.41, 5.74) is 1.04. The highest BCUT2D eigenvalue weighted by atomic mass is 127. The maximum atomic E-state index is 12.9. The van der Waals surface area contributed by atoms with E-state index in [-0.39, 0.29) is 29.8 Å². The molecule has 0 saturated carbocycles. The number of guanidine groups is 1. The predicted molar refractivity (Wildman–Crippen MR) is 122 cm³/mol. The van der Waals surface area contributed by atoms with E-state index in [9.17, 15) is 4.39 Å². The third-order valence-corrected chi connectivity index (χ3v) is 5.71. The van der Waals surface area contributed by atoms with Gasteiger partial charge in [0.1, 0.15) is 5.82 Å². The van der Waals surface area contributed by atoms with Crippen molar-refractivity contribution >= 4 is 53.0 Å². The van der Waals surface area contributed by atoms with Gasteiger partial charge in [-0.05, 0) is 36.4 Å². The summed E-state index contributed by atoms with van der Waals surface area (Å²) in [6.07, 6.45) is 0.997. The zero-order valence-electron chi connectivity index (χ0n) is 15.3. The molecular formula is C18H26FIN4S2. The number of nitrogens with one attached hydrogen (secondary N) is 2. The van der Waals surface area contributed by atoms with E-state index >= 15 is 0 Å². The fourth-order valence-corrected chi connectivity index (χ4v) is 3.75. The minimum absolute atomic E-state index is 0. The van der Waals surface area contributed by atoms with Crippen LogP contribution in [0.5, 0.6) is 0 Å². The Bertz CT molecular complexity index is 674. The summed E-state index contributed by atoms with van der Waals surface area (Å²) in [7, 11) is 1.77. The van der Waals surface area contributed by atoms with E-state index in [4.69, 9.17) is 0 Å². The summed E-state index contributed by atoms with van der Waals surface area (Å²) in [6.45, 7) is 5.82. The van der Waals surface area contributed by atoms with Crippen LogP contribution in [0.25, 0.3) is 0 Å². The van der Waals surface area contributed by atoms with Crippen molar-refractivity contribution in [3.05, 3.63) is 46.2 Å². The second-order valence-electron chi connectivity index (χ2n) is 5.84. The maximum absolute atomic E-state index is 12.9. The van der Waals surface area contributed by atoms with Gasteiger partial charge in [0, 0.05) is 29.8 Å². The lowest BCUT2D eigenvalue weighted by molar-refractivity contribution is 0.626. The number of aromatic nitrogens is 1. The first-order valence-electron chi connectivity index (χ1n) is 8.35. The summed E-state index contributed by atoms with van der Waals surface area (Å²) in [5, 5.41) is 9.85. The smallest absolute Gasteiger partial charge is 0.191 e. The highest BCUT2D eigenvalue weighted by Gasteiger charge is 2.06. The lowest BCUT2D eigenvalue weighted by Crippen LogP contribution is -2.37. The molecule has 2 rings (SSSR count). The molecule has 0 spiro atoms. The van der Waals surface area contributed by atoms with Crippen molar-refractivity contribution in [3.8, 4) is 0 Å². The number of hydrogen-bond donors (Lipinski definition) is 2. The van der Waals surface area contributed by atoms with Crippen molar-refractivity contribution in [3.63, 3.8) is 0 Å². The van der Waals surface area contributed by atoms with Gasteiger partial charge in [-0.15, -0.1) is 47.1 Å². The molecule has 0 unspecified atom stereocenters. The van der Waals surface area contributed by atoms with Crippen LogP contribution in [0.1, 0.15) is 36.9 Å². The largest absolute Gasteiger partial charge is 0.356 e. The van der Waals surface area contributed by atoms with Crippen molar-refractivity contribution in [2.24, 2.45) is 4.99 Å². The Morgan fingerprint density at radius 2 is 2.00 bits per heavy atom. The van der Waals surface area contributed by atoms with Crippen LogP contribution in [0.2, 0.25) is 0 Å². The highest BCUT2D eigenvalue weighted by Crippen LogP contribution is 2.19. The van der Waals surface area contributed by atoms with E-state index < -0.39 is 0 Å². The van der Waals surface area contributed by atoms with Gasteiger partial charge in [0.15, 0.2) is 5.96 Å². The van der Waals surface area contributed by atoms with Crippen LogP contribution < -0.4 is 10.6 Å². The number of aliphatic imine (C=N–C) groups is 1. The average Bonchev–Trinajstić information content (AvgIpc) is 3.08. The minimum atomic E-state index is -0.193. The number of thioether (sulfide) groups is 1. The van der Waals surface area contributed by atoms with Gasteiger partial charge >= 0.3 is 0 Å². The molecule has 26 heavy (non-hydrogen) atoms. The molecule has 8 heteroatoms. The monoisotopic (exact) mass is 508 g/mol. The van der Waals surface area contributed by atoms with E-state index in [1.54, 1.807) is 30.1 Å². The molecule has 0 aliphatic rings. The molecule has 1 aromatic carbocycles. The molecule has 1 aromatic heterocycles. The Hall–Kier alpha value is -0.870. The van der Waals surface area contributed by atoms with Crippen LogP contribution in [-0.4, -0.2) is 30.3 Å². The molecule has 0 bridgehead atoms. The van der Waals surface area contributed by atoms with Gasteiger partial charge in [0.05, 0.1) is 17.2 Å². The van der Waals surface area contributed by atoms with Gasteiger partial charge in [0.25, 0.3) is 0 Å². The Morgan fingerprint density at radius 3 is 2.62 bits per heavy atom. The molecule has 0 radical (unpaired) electrons. The lowest BCUT2D eigenvalue weighted by Gasteiger charge is -2.11. The summed E-state index contributed by atoms with van der Waals surface area (Å²) >= 11 is 3.43. The van der Waals surface area contributed by atoms with Crippen LogP contribution in [0.15, 0.2) is 39.5 Å². The molecule has 1 heterocycles. The molecule has 0 aliphatic heterocycles. The fraction of sp³-hybridized carbons (Fsp3) is 0.444. The zero-order chi connectivity index (χ0) is 18.1. The standard InChI is InChI=1S/C18H25FN4S2.HI/c1-13(2)17-23-15(12-25-17)11-22-18(20-3)21-9-4-10-24-16-7-5-14(19)6-8-16;/h5-8,12-13H,4,9-11H2,1-3H3,(H2,20,21,22);1H. The third kappa shape index (κ3) is 8.22. The number of nitrogens with zero attached hydrogens (tertiary/aromatic N) is 2. The maximum Gasteiger partial charge on any atom is 0.191 e. The number of thiazole rings is 1. The van der Waals surface area contributed by atoms with Gasteiger partial charge in [0.2, 0.25) is 0 Å². The van der Waals surface area contributed by atoms with Crippen molar-refractivity contribution in [1.29, 1.82) is 0 Å². The molecule has 2 aromatic rings. The van der Waals surface area contributed by atoms with Crippen molar-refractivity contribution < 1.29 is 4.39 Å². The van der Waals surface area contributed by atoms with E-state index in [0.717, 1.165) is 40.3 Å². The lowest BCUT2D eigenvalue weighted by atomic mass is 10.2. The second kappa shape index (κ2) is 12.5. The van der Waals surface area contributed by atoms with Crippen molar-refractivity contribution in [2.45, 2.75) is 37.6 Å². The molecule has 0 saturated heterocycles. The molecule has 0 atom stereocenters. The fourth-order valence-electron chi connectivity index (χ4n) is 2.06. The molecule has 2 N–H and O–H groups in total. The van der Waals surface area contributed by atoms with Crippen molar-refractivity contribution in [1.82, 2.24) is 15.6 Å². The molecule has 0 fully saturated rings. The van der Waals surface area contributed by atoms with E-state index in [1.807, 2.05) is 12.1 Å². The summed E-state index contributed by atoms with van der Waals surface area (Å²) in [5.74, 6) is 2.03. The van der Waals surface area contributed by atoms with Crippen LogP contribution in [0.3, 0.4) is 0 Å². The Labute approximate surface area is 180 Å². The minimum Gasteiger partial charge on any atom is -0.356 e. The van der Waals surface area contributed by atoms with Crippen molar-refractivity contribution in [2.75, 3.05) is 19.3 Å². The Morgan fingerprint density at radius 1 is 1.27 bits per heavy atom. The first-order chi connectivity index (χ1) is 12.1. The summed E-state index contributed by atoms with van der Waals surface area (Å²) in [6, 6.07) is 6.62. The predicted octanol–water partition coefficient (Wildman–Crippen LogP) is 4.87. The zero-order valence-corrected chi connectivity index (χ0v) is 19.3. The Balaban J connectivity index is 0.00000338. The highest BCUT2D eigenvalue weighted by molar-refractivity contribution is 14.0. The van der Waals surface area contributed by atoms with Gasteiger partial charge in [-0.3, -0.25) is 4.99 Å². The number of hydrogen-bond acceptors (Lipinski definition) is 4. The van der Waals surface area contributed by atoms with Gasteiger partial charge in [-0.25, -0.2) is 9.37 Å². The Kier molecular flexibility index (Phi) is 11.1. The summed E-state index contributed by atoms with van der Waals surface area (Å²) < 4.78 is 12.9. The van der Waals surface area contributed by atoms with Crippen LogP contribution in [0.4, 0.5) is 4.39 Å². The van der Waals surface area contributed by atoms with E-state index in [2.05, 4.69) is 39.8 Å². The van der Waals surface area contributed by atoms with E-state index in [1.165, 1.54) is 12.1 Å². The molecule has 0 aliphatic carbocycles. The van der Waals surface area contributed by atoms with Gasteiger partial charge in [-0.2, -0.15) is 0 Å². The third-order valence-electron chi connectivity index (χ3n) is 3.42. The van der Waals surface area contributed by atoms with Crippen LogP contribution >= 0.6 is 47.1 Å². The van der Waals surface area contributed by atoms with Crippen LogP contribution in [0, 0.1) is 5.82 Å². The SMILES string of the molecule is CN=C(NCCCSc1ccc(F)cc1)NCc1csc(C(C)C)n1.I. The molecular weight excluding hydrogens is 482 g/mol. The van der Waals surface area contributed by atoms with Gasteiger partial charge < -0.3 is 10.6 Å². The number of benzene rings is 1. The average molecular weight is 508 g/mol. The number of halogens is 2. The first-order valence-corrected chi connectivity index (χ1v) is 10.2. The normalized spacial score (nSPS) is 11.3. The molecule has 4 nitrogen and oxygen atoms in total. The first kappa shape index (κ1) is 23.2. The topological polar surface area (TPSA) is 49.3 Å². The quantitative estimate of drug-likeness (QED) is 0.176. The van der Waals surface area contributed by atoms with Crippen LogP contribution in [-0.2, 0) is 6.54 Å². The second-order valence-corrected chi connectivity index (χ2v) is 7.90. The van der Waals surface area contributed by atoms with Gasteiger partial charge in [-0.1, -0.05) is 13.8 Å². The molecule has 144 valence electrons. The summed E-state index contributed by atoms with van der Waals surface area (Å²) in [4.78, 5) is 9.93.